The first-order valence-corrected chi connectivity index (χ1v) is 13.0. The Bertz CT molecular complexity index is 925. The summed E-state index contributed by atoms with van der Waals surface area (Å²) in [5.74, 6) is 1.10. The van der Waals surface area contributed by atoms with E-state index in [1.54, 1.807) is 13.3 Å². The van der Waals surface area contributed by atoms with E-state index in [0.29, 0.717) is 18.0 Å². The highest BCUT2D eigenvalue weighted by Gasteiger charge is 2.46. The van der Waals surface area contributed by atoms with Crippen molar-refractivity contribution < 1.29 is 9.47 Å². The van der Waals surface area contributed by atoms with Gasteiger partial charge in [-0.05, 0) is 87.0 Å². The van der Waals surface area contributed by atoms with Crippen LogP contribution in [0.4, 0.5) is 0 Å². The third-order valence-electron chi connectivity index (χ3n) is 8.21. The standard InChI is InChI=1S/C28H40N4O2/c1-3-23(24-7-6-8-24)19-31-21-27(12-14-34-28(20-27)9-4-5-10-28)11-13-30-17-22-15-25(16-29)26(33-2)32-18-22/h3,15,18-19,24,30H,4-14,17,20-21H2,1-2H3/b23-3+,31-19?/t27-/m1/s1. The van der Waals surface area contributed by atoms with Gasteiger partial charge < -0.3 is 14.8 Å². The summed E-state index contributed by atoms with van der Waals surface area (Å²) in [4.78, 5) is 9.30. The van der Waals surface area contributed by atoms with Crippen LogP contribution in [0, 0.1) is 22.7 Å². The minimum atomic E-state index is 0.0762. The van der Waals surface area contributed by atoms with Gasteiger partial charge >= 0.3 is 0 Å². The number of aromatic nitrogens is 1. The molecule has 34 heavy (non-hydrogen) atoms. The molecule has 184 valence electrons. The molecule has 2 aliphatic carbocycles. The Morgan fingerprint density at radius 3 is 2.82 bits per heavy atom. The van der Waals surface area contributed by atoms with Crippen LogP contribution in [0.3, 0.4) is 0 Å². The Balaban J connectivity index is 1.38. The van der Waals surface area contributed by atoms with Gasteiger partial charge in [0.1, 0.15) is 11.6 Å². The van der Waals surface area contributed by atoms with Crippen LogP contribution in [0.1, 0.15) is 82.3 Å². The predicted molar refractivity (Wildman–Crippen MR) is 135 cm³/mol. The van der Waals surface area contributed by atoms with Crippen molar-refractivity contribution in [3.05, 3.63) is 35.0 Å². The molecule has 1 N–H and O–H groups in total. The second kappa shape index (κ2) is 11.5. The van der Waals surface area contributed by atoms with Crippen molar-refractivity contribution in [2.75, 3.05) is 26.8 Å². The van der Waals surface area contributed by atoms with Gasteiger partial charge in [0.25, 0.3) is 0 Å². The number of nitrogens with one attached hydrogen (secondary N) is 1. The number of rotatable bonds is 10. The van der Waals surface area contributed by atoms with Crippen molar-refractivity contribution >= 4 is 6.21 Å². The first-order chi connectivity index (χ1) is 16.6. The molecule has 6 nitrogen and oxygen atoms in total. The maximum Gasteiger partial charge on any atom is 0.231 e. The van der Waals surface area contributed by atoms with Gasteiger partial charge in [-0.25, -0.2) is 4.98 Å². The normalized spacial score (nSPS) is 24.9. The molecule has 1 saturated heterocycles. The summed E-state index contributed by atoms with van der Waals surface area (Å²) in [5.41, 5.74) is 3.16. The molecular weight excluding hydrogens is 424 g/mol. The third kappa shape index (κ3) is 5.87. The SMILES string of the molecule is C/C=C(\C=NC[C@]1(CCNCc2cnc(OC)c(C#N)c2)CCOC2(CCCC2)C1)C1CCC1. The van der Waals surface area contributed by atoms with Crippen LogP contribution in [0.25, 0.3) is 0 Å². The first kappa shape index (κ1) is 24.9. The molecule has 0 bridgehead atoms. The average Bonchev–Trinajstić information content (AvgIpc) is 3.27. The van der Waals surface area contributed by atoms with E-state index in [9.17, 15) is 5.26 Å². The highest BCUT2D eigenvalue weighted by atomic mass is 16.5. The smallest absolute Gasteiger partial charge is 0.231 e. The molecule has 3 fully saturated rings. The lowest BCUT2D eigenvalue weighted by molar-refractivity contribution is -0.122. The van der Waals surface area contributed by atoms with Crippen molar-refractivity contribution in [3.8, 4) is 11.9 Å². The molecule has 1 aromatic heterocycles. The maximum absolute atomic E-state index is 9.32. The van der Waals surface area contributed by atoms with Crippen molar-refractivity contribution in [3.63, 3.8) is 0 Å². The molecule has 4 rings (SSSR count). The van der Waals surface area contributed by atoms with E-state index in [1.165, 1.54) is 50.5 Å². The molecule has 0 aromatic carbocycles. The van der Waals surface area contributed by atoms with Gasteiger partial charge in [-0.15, -0.1) is 0 Å². The number of pyridine rings is 1. The third-order valence-corrected chi connectivity index (χ3v) is 8.21. The van der Waals surface area contributed by atoms with E-state index >= 15 is 0 Å². The van der Waals surface area contributed by atoms with Gasteiger partial charge in [-0.3, -0.25) is 4.99 Å². The molecule has 2 heterocycles. The summed E-state index contributed by atoms with van der Waals surface area (Å²) in [6.45, 7) is 5.48. The fourth-order valence-electron chi connectivity index (χ4n) is 6.00. The maximum atomic E-state index is 9.32. The second-order valence-electron chi connectivity index (χ2n) is 10.5. The lowest BCUT2D eigenvalue weighted by Gasteiger charge is -2.46. The van der Waals surface area contributed by atoms with E-state index in [2.05, 4.69) is 35.6 Å². The summed E-state index contributed by atoms with van der Waals surface area (Å²) in [6.07, 6.45) is 18.4. The van der Waals surface area contributed by atoms with Gasteiger partial charge in [0.15, 0.2) is 0 Å². The summed E-state index contributed by atoms with van der Waals surface area (Å²) < 4.78 is 11.5. The van der Waals surface area contributed by atoms with Gasteiger partial charge in [0.2, 0.25) is 5.88 Å². The Hall–Kier alpha value is -2.23. The summed E-state index contributed by atoms with van der Waals surface area (Å²) in [7, 11) is 1.54. The van der Waals surface area contributed by atoms with Crippen LogP contribution in [0.5, 0.6) is 5.88 Å². The molecule has 1 aliphatic heterocycles. The fourth-order valence-corrected chi connectivity index (χ4v) is 6.00. The Morgan fingerprint density at radius 1 is 1.32 bits per heavy atom. The van der Waals surface area contributed by atoms with Crippen molar-refractivity contribution in [1.29, 1.82) is 5.26 Å². The minimum absolute atomic E-state index is 0.0762. The molecule has 0 radical (unpaired) electrons. The number of methoxy groups -OCH3 is 1. The molecule has 2 saturated carbocycles. The van der Waals surface area contributed by atoms with E-state index in [4.69, 9.17) is 14.5 Å². The topological polar surface area (TPSA) is 79.5 Å². The van der Waals surface area contributed by atoms with E-state index < -0.39 is 0 Å². The quantitative estimate of drug-likeness (QED) is 0.372. The number of hydrogen-bond donors (Lipinski definition) is 1. The van der Waals surface area contributed by atoms with Crippen LogP contribution in [0.15, 0.2) is 28.9 Å². The van der Waals surface area contributed by atoms with Crippen molar-refractivity contribution in [2.24, 2.45) is 16.3 Å². The number of hydrogen-bond acceptors (Lipinski definition) is 6. The monoisotopic (exact) mass is 464 g/mol. The fraction of sp³-hybridized carbons (Fsp3) is 0.679. The van der Waals surface area contributed by atoms with Crippen LogP contribution in [-0.2, 0) is 11.3 Å². The van der Waals surface area contributed by atoms with Gasteiger partial charge in [0, 0.05) is 32.1 Å². The number of nitrogens with zero attached hydrogens (tertiary/aromatic N) is 3. The summed E-state index contributed by atoms with van der Waals surface area (Å²) >= 11 is 0. The Kier molecular flexibility index (Phi) is 8.39. The largest absolute Gasteiger partial charge is 0.480 e. The molecule has 6 heteroatoms. The van der Waals surface area contributed by atoms with Crippen LogP contribution in [0.2, 0.25) is 0 Å². The zero-order chi connectivity index (χ0) is 23.9. The first-order valence-electron chi connectivity index (χ1n) is 13.0. The molecule has 1 aromatic rings. The highest BCUT2D eigenvalue weighted by molar-refractivity contribution is 5.79. The predicted octanol–water partition coefficient (Wildman–Crippen LogP) is 5.37. The van der Waals surface area contributed by atoms with Crippen LogP contribution >= 0.6 is 0 Å². The molecule has 0 amide bonds. The zero-order valence-electron chi connectivity index (χ0n) is 20.9. The molecule has 1 atom stereocenters. The van der Waals surface area contributed by atoms with Crippen LogP contribution < -0.4 is 10.1 Å². The summed E-state index contributed by atoms with van der Waals surface area (Å²) in [5, 5.41) is 12.9. The molecule has 1 spiro atoms. The van der Waals surface area contributed by atoms with Crippen LogP contribution in [-0.4, -0.2) is 43.6 Å². The van der Waals surface area contributed by atoms with E-state index in [0.717, 1.165) is 50.4 Å². The molecule has 3 aliphatic rings. The zero-order valence-corrected chi connectivity index (χ0v) is 20.9. The Labute approximate surface area is 204 Å². The van der Waals surface area contributed by atoms with Gasteiger partial charge in [0.05, 0.1) is 12.7 Å². The summed E-state index contributed by atoms with van der Waals surface area (Å²) in [6, 6.07) is 4.03. The lowest BCUT2D eigenvalue weighted by Crippen LogP contribution is -2.46. The Morgan fingerprint density at radius 2 is 2.15 bits per heavy atom. The number of aliphatic imine (C=N–C) groups is 1. The van der Waals surface area contributed by atoms with Gasteiger partial charge in [-0.1, -0.05) is 25.3 Å². The average molecular weight is 465 g/mol. The van der Waals surface area contributed by atoms with Gasteiger partial charge in [-0.2, -0.15) is 5.26 Å². The number of nitriles is 1. The minimum Gasteiger partial charge on any atom is -0.480 e. The second-order valence-corrected chi connectivity index (χ2v) is 10.5. The van der Waals surface area contributed by atoms with E-state index in [-0.39, 0.29) is 11.0 Å². The van der Waals surface area contributed by atoms with E-state index in [1.807, 2.05) is 6.07 Å². The number of ether oxygens (including phenoxy) is 2. The lowest BCUT2D eigenvalue weighted by atomic mass is 9.70. The number of allylic oxidation sites excluding steroid dienone is 2. The molecular formula is C28H40N4O2. The van der Waals surface area contributed by atoms with Crippen molar-refractivity contribution in [1.82, 2.24) is 10.3 Å². The van der Waals surface area contributed by atoms with Crippen molar-refractivity contribution in [2.45, 2.75) is 83.3 Å². The molecule has 0 unspecified atom stereocenters. The highest BCUT2D eigenvalue weighted by Crippen LogP contribution is 2.49.